The monoisotopic (exact) mass is 380 g/mol. The first-order valence-corrected chi connectivity index (χ1v) is 11.8. The highest BCUT2D eigenvalue weighted by Gasteiger charge is 2.77. The third kappa shape index (κ3) is 1.92. The maximum atomic E-state index is 12.1. The maximum absolute atomic E-state index is 12.1. The van der Waals surface area contributed by atoms with Crippen LogP contribution in [0.3, 0.4) is 0 Å². The van der Waals surface area contributed by atoms with Gasteiger partial charge in [0.25, 0.3) is 0 Å². The van der Waals surface area contributed by atoms with Crippen molar-refractivity contribution in [2.24, 2.45) is 52.8 Å². The summed E-state index contributed by atoms with van der Waals surface area (Å²) >= 11 is 0. The van der Waals surface area contributed by atoms with Crippen LogP contribution in [0.2, 0.25) is 0 Å². The van der Waals surface area contributed by atoms with Crippen molar-refractivity contribution in [1.82, 2.24) is 0 Å². The second-order valence-corrected chi connectivity index (χ2v) is 11.4. The molecule has 0 aromatic rings. The number of ether oxygens (including phenoxy) is 1. The normalized spacial score (nSPS) is 58.8. The Kier molecular flexibility index (Phi) is 3.13. The van der Waals surface area contributed by atoms with Gasteiger partial charge in [0.05, 0.1) is 5.60 Å². The Morgan fingerprint density at radius 3 is 2.75 bits per heavy atom. The first-order valence-electron chi connectivity index (χ1n) is 11.8. The lowest BCUT2D eigenvalue weighted by Crippen LogP contribution is -2.57. The van der Waals surface area contributed by atoms with Crippen LogP contribution in [0.15, 0.2) is 23.8 Å². The summed E-state index contributed by atoms with van der Waals surface area (Å²) in [6, 6.07) is 0. The van der Waals surface area contributed by atoms with Crippen molar-refractivity contribution in [1.29, 1.82) is 0 Å². The second-order valence-electron chi connectivity index (χ2n) is 11.4. The lowest BCUT2D eigenvalue weighted by atomic mass is 9.46. The zero-order valence-corrected chi connectivity index (χ0v) is 16.8. The van der Waals surface area contributed by atoms with E-state index in [0.29, 0.717) is 17.6 Å². The van der Waals surface area contributed by atoms with Gasteiger partial charge in [-0.3, -0.25) is 4.79 Å². The van der Waals surface area contributed by atoms with Crippen molar-refractivity contribution in [3.63, 3.8) is 0 Å². The predicted molar refractivity (Wildman–Crippen MR) is 105 cm³/mol. The number of fused-ring (bicyclic) bond motifs is 9. The van der Waals surface area contributed by atoms with Crippen molar-refractivity contribution >= 4 is 5.78 Å². The van der Waals surface area contributed by atoms with Crippen molar-refractivity contribution in [2.45, 2.75) is 70.2 Å². The fourth-order valence-corrected chi connectivity index (χ4v) is 9.33. The summed E-state index contributed by atoms with van der Waals surface area (Å²) in [5.74, 6) is 6.49. The topological polar surface area (TPSA) is 46.5 Å². The Morgan fingerprint density at radius 1 is 1.14 bits per heavy atom. The Bertz CT molecular complexity index is 809. The number of hydrogen-bond donors (Lipinski definition) is 1. The van der Waals surface area contributed by atoms with Gasteiger partial charge in [-0.15, -0.1) is 0 Å². The molecule has 3 heteroatoms. The van der Waals surface area contributed by atoms with Crippen molar-refractivity contribution in [3.8, 4) is 0 Å². The van der Waals surface area contributed by atoms with Crippen LogP contribution in [0.25, 0.3) is 0 Å². The van der Waals surface area contributed by atoms with Gasteiger partial charge in [0.1, 0.15) is 0 Å². The Hall–Kier alpha value is -0.930. The standard InChI is InChI=1S/C25H32O3/c1-24-8-6-17-16-5-4-15(26)10-14(16)11-18(13-2-3-13)22(17)23(24)19-12-20(19)25(24)9-7-21(27)28-25/h7,9-10,13,16-23,27H,2-6,8,11-12H2,1H3/t16-,17?,18-,19+,20-,21?,22?,23?,24-,25-/m0/s1. The van der Waals surface area contributed by atoms with Gasteiger partial charge in [0.2, 0.25) is 0 Å². The number of hydrogen-bond acceptors (Lipinski definition) is 3. The third-order valence-corrected chi connectivity index (χ3v) is 10.4. The molecule has 7 aliphatic rings. The zero-order valence-electron chi connectivity index (χ0n) is 16.8. The van der Waals surface area contributed by atoms with E-state index in [1.165, 1.54) is 44.1 Å². The summed E-state index contributed by atoms with van der Waals surface area (Å²) in [5, 5.41) is 10.2. The van der Waals surface area contributed by atoms with Crippen LogP contribution >= 0.6 is 0 Å². The minimum Gasteiger partial charge on any atom is -0.365 e. The number of aliphatic hydroxyl groups excluding tert-OH is 1. The Balaban J connectivity index is 1.32. The van der Waals surface area contributed by atoms with Gasteiger partial charge < -0.3 is 9.84 Å². The minimum atomic E-state index is -0.709. The molecule has 0 amide bonds. The molecule has 5 fully saturated rings. The lowest BCUT2D eigenvalue weighted by molar-refractivity contribution is -0.199. The van der Waals surface area contributed by atoms with E-state index in [9.17, 15) is 9.90 Å². The van der Waals surface area contributed by atoms with E-state index in [1.54, 1.807) is 0 Å². The molecule has 3 nitrogen and oxygen atoms in total. The lowest BCUT2D eigenvalue weighted by Gasteiger charge is -2.59. The molecule has 6 aliphatic carbocycles. The fraction of sp³-hybridized carbons (Fsp3) is 0.800. The van der Waals surface area contributed by atoms with Gasteiger partial charge in [-0.05, 0) is 104 Å². The molecular formula is C25H32O3. The Morgan fingerprint density at radius 2 is 2.00 bits per heavy atom. The molecule has 0 bridgehead atoms. The van der Waals surface area contributed by atoms with Gasteiger partial charge in [-0.1, -0.05) is 18.6 Å². The van der Waals surface area contributed by atoms with Crippen LogP contribution in [0.4, 0.5) is 0 Å². The number of rotatable bonds is 1. The van der Waals surface area contributed by atoms with Crippen LogP contribution in [0.1, 0.15) is 58.3 Å². The van der Waals surface area contributed by atoms with E-state index in [1.807, 2.05) is 6.08 Å². The molecule has 10 atom stereocenters. The molecule has 0 aromatic carbocycles. The van der Waals surface area contributed by atoms with Crippen molar-refractivity contribution < 1.29 is 14.6 Å². The highest BCUT2D eigenvalue weighted by molar-refractivity contribution is 5.91. The van der Waals surface area contributed by atoms with Gasteiger partial charge in [-0.25, -0.2) is 0 Å². The summed E-state index contributed by atoms with van der Waals surface area (Å²) in [5.41, 5.74) is 1.49. The second kappa shape index (κ2) is 5.21. The Labute approximate surface area is 167 Å². The summed E-state index contributed by atoms with van der Waals surface area (Å²) in [7, 11) is 0. The largest absolute Gasteiger partial charge is 0.365 e. The summed E-state index contributed by atoms with van der Waals surface area (Å²) in [6.45, 7) is 2.50. The number of carbonyl (C=O) groups excluding carboxylic acids is 1. The molecule has 7 rings (SSSR count). The van der Waals surface area contributed by atoms with E-state index >= 15 is 0 Å². The van der Waals surface area contributed by atoms with E-state index in [0.717, 1.165) is 48.3 Å². The first kappa shape index (κ1) is 16.8. The number of ketones is 1. The molecule has 0 saturated heterocycles. The molecular weight excluding hydrogens is 348 g/mol. The predicted octanol–water partition coefficient (Wildman–Crippen LogP) is 4.26. The van der Waals surface area contributed by atoms with Crippen LogP contribution in [0, 0.1) is 52.8 Å². The van der Waals surface area contributed by atoms with Crippen LogP contribution in [-0.4, -0.2) is 22.8 Å². The van der Waals surface area contributed by atoms with Gasteiger partial charge >= 0.3 is 0 Å². The SMILES string of the molecule is C[C@]12CCC3C(C1[C@@H]1C[C@@H]1[C@@]21C=CC(O)O1)[C@H](C1CC1)CC1=CC(=O)CC[C@@H]13. The van der Waals surface area contributed by atoms with Gasteiger partial charge in [0.15, 0.2) is 12.1 Å². The molecule has 0 radical (unpaired) electrons. The molecule has 0 aromatic heterocycles. The highest BCUT2D eigenvalue weighted by Crippen LogP contribution is 2.79. The van der Waals surface area contributed by atoms with Crippen LogP contribution in [0.5, 0.6) is 0 Å². The summed E-state index contributed by atoms with van der Waals surface area (Å²) in [6.07, 6.45) is 15.2. The fourth-order valence-electron chi connectivity index (χ4n) is 9.33. The number of carbonyl (C=O) groups is 1. The molecule has 1 heterocycles. The van der Waals surface area contributed by atoms with Gasteiger partial charge in [-0.2, -0.15) is 0 Å². The number of allylic oxidation sites excluding steroid dienone is 1. The molecule has 1 N–H and O–H groups in total. The summed E-state index contributed by atoms with van der Waals surface area (Å²) in [4.78, 5) is 12.1. The maximum Gasteiger partial charge on any atom is 0.175 e. The average Bonchev–Trinajstić information content (AvgIpc) is 3.59. The molecule has 150 valence electrons. The quantitative estimate of drug-likeness (QED) is 0.691. The highest BCUT2D eigenvalue weighted by atomic mass is 16.6. The van der Waals surface area contributed by atoms with E-state index in [-0.39, 0.29) is 11.0 Å². The molecule has 5 saturated carbocycles. The molecule has 1 spiro atoms. The number of aliphatic hydroxyl groups is 1. The first-order chi connectivity index (χ1) is 13.5. The van der Waals surface area contributed by atoms with E-state index in [2.05, 4.69) is 19.1 Å². The smallest absolute Gasteiger partial charge is 0.175 e. The van der Waals surface area contributed by atoms with Crippen LogP contribution in [-0.2, 0) is 9.53 Å². The van der Waals surface area contributed by atoms with E-state index in [4.69, 9.17) is 4.74 Å². The average molecular weight is 381 g/mol. The molecule has 28 heavy (non-hydrogen) atoms. The van der Waals surface area contributed by atoms with Crippen molar-refractivity contribution in [3.05, 3.63) is 23.8 Å². The molecule has 1 aliphatic heterocycles. The third-order valence-electron chi connectivity index (χ3n) is 10.4. The van der Waals surface area contributed by atoms with Crippen molar-refractivity contribution in [2.75, 3.05) is 0 Å². The van der Waals surface area contributed by atoms with E-state index < -0.39 is 6.29 Å². The molecule has 4 unspecified atom stereocenters. The van der Waals surface area contributed by atoms with Crippen LogP contribution < -0.4 is 0 Å². The minimum absolute atomic E-state index is 0.175. The zero-order chi connectivity index (χ0) is 18.8. The summed E-state index contributed by atoms with van der Waals surface area (Å²) < 4.78 is 6.34. The van der Waals surface area contributed by atoms with Gasteiger partial charge in [0, 0.05) is 11.8 Å².